The summed E-state index contributed by atoms with van der Waals surface area (Å²) >= 11 is 6.00. The predicted octanol–water partition coefficient (Wildman–Crippen LogP) is 3.35. The number of halogens is 1. The summed E-state index contributed by atoms with van der Waals surface area (Å²) in [5.74, 6) is -0.171. The molecule has 1 unspecified atom stereocenters. The Kier molecular flexibility index (Phi) is 8.46. The monoisotopic (exact) mass is 327 g/mol. The molecule has 0 aromatic heterocycles. The van der Waals surface area contributed by atoms with E-state index in [-0.39, 0.29) is 5.97 Å². The van der Waals surface area contributed by atoms with Crippen LogP contribution in [0.5, 0.6) is 0 Å². The van der Waals surface area contributed by atoms with Crippen molar-refractivity contribution < 1.29 is 14.6 Å². The van der Waals surface area contributed by atoms with Crippen LogP contribution in [0.3, 0.4) is 0 Å². The van der Waals surface area contributed by atoms with Gasteiger partial charge < -0.3 is 14.7 Å². The number of hydrogen-bond acceptors (Lipinski definition) is 4. The van der Waals surface area contributed by atoms with Crippen molar-refractivity contribution in [3.63, 3.8) is 0 Å². The zero-order valence-electron chi connectivity index (χ0n) is 13.6. The minimum Gasteiger partial charge on any atom is -0.466 e. The van der Waals surface area contributed by atoms with Crippen LogP contribution in [0.4, 0.5) is 0 Å². The summed E-state index contributed by atoms with van der Waals surface area (Å²) in [5, 5.41) is 11.0. The Morgan fingerprint density at radius 2 is 2.09 bits per heavy atom. The second kappa shape index (κ2) is 9.82. The van der Waals surface area contributed by atoms with Gasteiger partial charge in [0.05, 0.1) is 19.1 Å². The van der Waals surface area contributed by atoms with Crippen molar-refractivity contribution in [2.24, 2.45) is 0 Å². The smallest absolute Gasteiger partial charge is 0.307 e. The lowest BCUT2D eigenvalue weighted by Gasteiger charge is -2.22. The first-order valence-corrected chi connectivity index (χ1v) is 8.17. The molecule has 5 heteroatoms. The number of hydrogen-bond donors (Lipinski definition) is 1. The molecule has 0 spiro atoms. The third kappa shape index (κ3) is 6.34. The molecule has 4 nitrogen and oxygen atoms in total. The Hall–Kier alpha value is -1.10. The number of benzene rings is 1. The SMILES string of the molecule is CCOC(=O)CCN(CC)CCC(O)c1ccc(Cl)c(C)c1. The molecule has 124 valence electrons. The molecule has 0 fully saturated rings. The van der Waals surface area contributed by atoms with E-state index in [1.165, 1.54) is 0 Å². The van der Waals surface area contributed by atoms with E-state index in [0.29, 0.717) is 31.0 Å². The highest BCUT2D eigenvalue weighted by molar-refractivity contribution is 6.31. The fourth-order valence-electron chi connectivity index (χ4n) is 2.26. The number of nitrogens with zero attached hydrogens (tertiary/aromatic N) is 1. The summed E-state index contributed by atoms with van der Waals surface area (Å²) in [6, 6.07) is 5.59. The zero-order chi connectivity index (χ0) is 16.5. The molecule has 1 rings (SSSR count). The minimum atomic E-state index is -0.521. The van der Waals surface area contributed by atoms with Crippen molar-refractivity contribution in [2.45, 2.75) is 39.7 Å². The number of esters is 1. The average Bonchev–Trinajstić information content (AvgIpc) is 2.50. The standard InChI is InChI=1S/C17H26ClNO3/c1-4-19(11-9-17(21)22-5-2)10-8-16(20)14-6-7-15(18)13(3)12-14/h6-7,12,16,20H,4-5,8-11H2,1-3H3. The summed E-state index contributed by atoms with van der Waals surface area (Å²) < 4.78 is 4.93. The molecule has 0 heterocycles. The van der Waals surface area contributed by atoms with Crippen LogP contribution in [0.2, 0.25) is 5.02 Å². The number of ether oxygens (including phenoxy) is 1. The molecule has 1 N–H and O–H groups in total. The second-order valence-electron chi connectivity index (χ2n) is 5.30. The van der Waals surface area contributed by atoms with Gasteiger partial charge in [0.2, 0.25) is 0 Å². The molecule has 1 aromatic carbocycles. The first-order valence-electron chi connectivity index (χ1n) is 7.80. The maximum Gasteiger partial charge on any atom is 0.307 e. The van der Waals surface area contributed by atoms with E-state index < -0.39 is 6.10 Å². The van der Waals surface area contributed by atoms with Crippen molar-refractivity contribution in [1.82, 2.24) is 4.90 Å². The molecular weight excluding hydrogens is 302 g/mol. The number of carbonyl (C=O) groups excluding carboxylic acids is 1. The van der Waals surface area contributed by atoms with E-state index in [1.807, 2.05) is 32.0 Å². The molecule has 0 bridgehead atoms. The first-order chi connectivity index (χ1) is 10.5. The fourth-order valence-corrected chi connectivity index (χ4v) is 2.37. The van der Waals surface area contributed by atoms with Crippen molar-refractivity contribution in [1.29, 1.82) is 0 Å². The van der Waals surface area contributed by atoms with E-state index >= 15 is 0 Å². The van der Waals surface area contributed by atoms with E-state index in [0.717, 1.165) is 24.2 Å². The molecule has 0 radical (unpaired) electrons. The Morgan fingerprint density at radius 1 is 1.36 bits per heavy atom. The predicted molar refractivity (Wildman–Crippen MR) is 89.1 cm³/mol. The molecule has 1 aromatic rings. The van der Waals surface area contributed by atoms with Gasteiger partial charge in [-0.05, 0) is 44.0 Å². The van der Waals surface area contributed by atoms with Crippen molar-refractivity contribution in [3.05, 3.63) is 34.3 Å². The maximum absolute atomic E-state index is 11.4. The molecule has 0 saturated heterocycles. The largest absolute Gasteiger partial charge is 0.466 e. The van der Waals surface area contributed by atoms with Gasteiger partial charge in [0.15, 0.2) is 0 Å². The molecule has 0 aliphatic rings. The first kappa shape index (κ1) is 18.9. The Labute approximate surface area is 138 Å². The van der Waals surface area contributed by atoms with Gasteiger partial charge in [-0.25, -0.2) is 0 Å². The molecule has 0 aliphatic heterocycles. The summed E-state index contributed by atoms with van der Waals surface area (Å²) in [6.45, 7) is 8.42. The molecule has 0 amide bonds. The Morgan fingerprint density at radius 3 is 2.68 bits per heavy atom. The molecule has 22 heavy (non-hydrogen) atoms. The van der Waals surface area contributed by atoms with Crippen LogP contribution < -0.4 is 0 Å². The number of aryl methyl sites for hydroxylation is 1. The number of carbonyl (C=O) groups is 1. The zero-order valence-corrected chi connectivity index (χ0v) is 14.4. The summed E-state index contributed by atoms with van der Waals surface area (Å²) in [4.78, 5) is 13.5. The normalized spacial score (nSPS) is 12.5. The van der Waals surface area contributed by atoms with Crippen LogP contribution in [0.1, 0.15) is 43.9 Å². The highest BCUT2D eigenvalue weighted by Crippen LogP contribution is 2.22. The molecule has 1 atom stereocenters. The Balaban J connectivity index is 2.44. The van der Waals surface area contributed by atoms with Crippen LogP contribution >= 0.6 is 11.6 Å². The molecular formula is C17H26ClNO3. The Bertz CT molecular complexity index is 479. The van der Waals surface area contributed by atoms with Crippen molar-refractivity contribution in [2.75, 3.05) is 26.2 Å². The van der Waals surface area contributed by atoms with Gasteiger partial charge in [0, 0.05) is 18.1 Å². The van der Waals surface area contributed by atoms with Gasteiger partial charge in [-0.2, -0.15) is 0 Å². The van der Waals surface area contributed by atoms with Crippen LogP contribution in [0.15, 0.2) is 18.2 Å². The number of aliphatic hydroxyl groups excluding tert-OH is 1. The van der Waals surface area contributed by atoms with Crippen LogP contribution in [0, 0.1) is 6.92 Å². The van der Waals surface area contributed by atoms with Gasteiger partial charge in [0.25, 0.3) is 0 Å². The van der Waals surface area contributed by atoms with Gasteiger partial charge in [-0.1, -0.05) is 30.7 Å². The number of aliphatic hydroxyl groups is 1. The van der Waals surface area contributed by atoms with Gasteiger partial charge in [0.1, 0.15) is 0 Å². The van der Waals surface area contributed by atoms with Crippen molar-refractivity contribution >= 4 is 17.6 Å². The highest BCUT2D eigenvalue weighted by atomic mass is 35.5. The van der Waals surface area contributed by atoms with Gasteiger partial charge >= 0.3 is 5.97 Å². The van der Waals surface area contributed by atoms with E-state index in [2.05, 4.69) is 4.90 Å². The lowest BCUT2D eigenvalue weighted by Crippen LogP contribution is -2.28. The fraction of sp³-hybridized carbons (Fsp3) is 0.588. The lowest BCUT2D eigenvalue weighted by molar-refractivity contribution is -0.143. The van der Waals surface area contributed by atoms with Crippen LogP contribution in [-0.4, -0.2) is 42.2 Å². The van der Waals surface area contributed by atoms with E-state index in [9.17, 15) is 9.90 Å². The lowest BCUT2D eigenvalue weighted by atomic mass is 10.0. The summed E-state index contributed by atoms with van der Waals surface area (Å²) in [7, 11) is 0. The summed E-state index contributed by atoms with van der Waals surface area (Å²) in [5.41, 5.74) is 1.84. The molecule has 0 aliphatic carbocycles. The van der Waals surface area contributed by atoms with Gasteiger partial charge in [-0.15, -0.1) is 0 Å². The topological polar surface area (TPSA) is 49.8 Å². The van der Waals surface area contributed by atoms with Crippen molar-refractivity contribution in [3.8, 4) is 0 Å². The van der Waals surface area contributed by atoms with Gasteiger partial charge in [-0.3, -0.25) is 4.79 Å². The highest BCUT2D eigenvalue weighted by Gasteiger charge is 2.12. The van der Waals surface area contributed by atoms with E-state index in [1.54, 1.807) is 6.92 Å². The minimum absolute atomic E-state index is 0.171. The van der Waals surface area contributed by atoms with Crippen LogP contribution in [0.25, 0.3) is 0 Å². The number of rotatable bonds is 9. The van der Waals surface area contributed by atoms with Crippen LogP contribution in [-0.2, 0) is 9.53 Å². The molecule has 0 saturated carbocycles. The quantitative estimate of drug-likeness (QED) is 0.707. The third-order valence-corrected chi connectivity index (χ3v) is 4.09. The third-order valence-electron chi connectivity index (χ3n) is 3.67. The second-order valence-corrected chi connectivity index (χ2v) is 5.71. The maximum atomic E-state index is 11.4. The van der Waals surface area contributed by atoms with E-state index in [4.69, 9.17) is 16.3 Å². The summed E-state index contributed by atoms with van der Waals surface area (Å²) in [6.07, 6.45) is 0.489. The average molecular weight is 328 g/mol.